The van der Waals surface area contributed by atoms with Gasteiger partial charge in [0.05, 0.1) is 6.54 Å². The van der Waals surface area contributed by atoms with E-state index in [9.17, 15) is 8.78 Å². The smallest absolute Gasteiger partial charge is 0.256 e. The Balaban J connectivity index is 2.65. The number of hydrogen-bond donors (Lipinski definition) is 0. The average Bonchev–Trinajstić information content (AvgIpc) is 2.15. The van der Waals surface area contributed by atoms with E-state index in [1.165, 1.54) is 17.0 Å². The number of hydrogen-bond acceptors (Lipinski definition) is 1. The molecule has 56 valence electrons. The van der Waals surface area contributed by atoms with E-state index in [1.54, 1.807) is 0 Å². The van der Waals surface area contributed by atoms with Crippen LogP contribution in [0.1, 0.15) is 0 Å². The fourth-order valence-corrected chi connectivity index (χ4v) is 0.977. The Labute approximate surface area is 65.0 Å². The van der Waals surface area contributed by atoms with E-state index in [0.29, 0.717) is 4.73 Å². The Morgan fingerprint density at radius 3 is 2.80 bits per heavy atom. The summed E-state index contributed by atoms with van der Waals surface area (Å²) >= 11 is 3.01. The lowest BCUT2D eigenvalue weighted by atomic mass is 10.6. The molecule has 1 heterocycles. The average molecular weight is 211 g/mol. The summed E-state index contributed by atoms with van der Waals surface area (Å²) in [6.07, 6.45) is 0.633. The van der Waals surface area contributed by atoms with Crippen LogP contribution in [0.3, 0.4) is 0 Å². The van der Waals surface area contributed by atoms with E-state index < -0.39 is 6.43 Å². The van der Waals surface area contributed by atoms with Gasteiger partial charge in [0.2, 0.25) is 0 Å². The molecular weight excluding hydrogens is 206 g/mol. The number of rotatable bonds is 2. The first-order valence-electron chi connectivity index (χ1n) is 2.65. The van der Waals surface area contributed by atoms with Crippen LogP contribution in [0, 0.1) is 0 Å². The highest BCUT2D eigenvalue weighted by atomic mass is 79.9. The molecule has 0 amide bonds. The van der Waals surface area contributed by atoms with Crippen molar-refractivity contribution in [3.05, 3.63) is 17.1 Å². The third kappa shape index (κ3) is 1.76. The lowest BCUT2D eigenvalue weighted by Crippen LogP contribution is -2.05. The van der Waals surface area contributed by atoms with Crippen LogP contribution >= 0.6 is 15.9 Å². The van der Waals surface area contributed by atoms with Gasteiger partial charge in [0.25, 0.3) is 6.43 Å². The summed E-state index contributed by atoms with van der Waals surface area (Å²) in [7, 11) is 0. The second kappa shape index (κ2) is 3.09. The van der Waals surface area contributed by atoms with Crippen molar-refractivity contribution >= 4 is 15.9 Å². The Morgan fingerprint density at radius 2 is 2.40 bits per heavy atom. The molecular formula is C5H5BrF2N2. The molecule has 0 saturated heterocycles. The van der Waals surface area contributed by atoms with Crippen molar-refractivity contribution in [2.24, 2.45) is 0 Å². The summed E-state index contributed by atoms with van der Waals surface area (Å²) in [6, 6.07) is 0. The van der Waals surface area contributed by atoms with Gasteiger partial charge in [-0.2, -0.15) is 0 Å². The fraction of sp³-hybridized carbons (Fsp3) is 0.400. The minimum Gasteiger partial charge on any atom is -0.320 e. The Morgan fingerprint density at radius 1 is 1.70 bits per heavy atom. The van der Waals surface area contributed by atoms with Crippen LogP contribution in [0.5, 0.6) is 0 Å². The Kier molecular flexibility index (Phi) is 2.37. The lowest BCUT2D eigenvalue weighted by molar-refractivity contribution is 0.125. The minimum absolute atomic E-state index is 0.305. The molecule has 0 bridgehead atoms. The highest BCUT2D eigenvalue weighted by molar-refractivity contribution is 9.10. The first-order chi connectivity index (χ1) is 4.70. The van der Waals surface area contributed by atoms with Gasteiger partial charge in [-0.25, -0.2) is 13.8 Å². The molecule has 1 rings (SSSR count). The second-order valence-electron chi connectivity index (χ2n) is 1.74. The monoisotopic (exact) mass is 210 g/mol. The molecule has 0 aliphatic carbocycles. The highest BCUT2D eigenvalue weighted by Crippen LogP contribution is 2.08. The maximum absolute atomic E-state index is 11.7. The van der Waals surface area contributed by atoms with Crippen LogP contribution in [0.25, 0.3) is 0 Å². The zero-order valence-corrected chi connectivity index (χ0v) is 6.55. The van der Waals surface area contributed by atoms with Crippen LogP contribution in [-0.4, -0.2) is 16.0 Å². The van der Waals surface area contributed by atoms with Crippen LogP contribution < -0.4 is 0 Å². The second-order valence-corrected chi connectivity index (χ2v) is 2.45. The molecule has 1 aromatic heterocycles. The first-order valence-corrected chi connectivity index (χ1v) is 3.44. The maximum atomic E-state index is 11.7. The molecule has 10 heavy (non-hydrogen) atoms. The van der Waals surface area contributed by atoms with Gasteiger partial charge in [0.15, 0.2) is 4.73 Å². The van der Waals surface area contributed by atoms with Gasteiger partial charge in [-0.15, -0.1) is 0 Å². The highest BCUT2D eigenvalue weighted by Gasteiger charge is 2.05. The summed E-state index contributed by atoms with van der Waals surface area (Å²) in [5, 5.41) is 0. The van der Waals surface area contributed by atoms with E-state index >= 15 is 0 Å². The topological polar surface area (TPSA) is 17.8 Å². The number of alkyl halides is 2. The number of halogens is 3. The third-order valence-electron chi connectivity index (χ3n) is 0.999. The molecule has 0 radical (unpaired) electrons. The summed E-state index contributed by atoms with van der Waals surface area (Å²) in [6.45, 7) is -0.305. The van der Waals surface area contributed by atoms with Crippen molar-refractivity contribution < 1.29 is 8.78 Å². The van der Waals surface area contributed by atoms with Crippen molar-refractivity contribution in [3.63, 3.8) is 0 Å². The quantitative estimate of drug-likeness (QED) is 0.730. The fourth-order valence-electron chi connectivity index (χ4n) is 0.596. The van der Waals surface area contributed by atoms with Crippen molar-refractivity contribution in [3.8, 4) is 0 Å². The van der Waals surface area contributed by atoms with E-state index in [4.69, 9.17) is 0 Å². The minimum atomic E-state index is -2.33. The van der Waals surface area contributed by atoms with Crippen molar-refractivity contribution in [1.29, 1.82) is 0 Å². The Bertz CT molecular complexity index is 211. The zero-order valence-electron chi connectivity index (χ0n) is 4.97. The van der Waals surface area contributed by atoms with E-state index in [0.717, 1.165) is 0 Å². The van der Waals surface area contributed by atoms with Crippen molar-refractivity contribution in [2.75, 3.05) is 0 Å². The van der Waals surface area contributed by atoms with Gasteiger partial charge >= 0.3 is 0 Å². The number of aromatic nitrogens is 2. The standard InChI is InChI=1S/C5H5BrF2N2/c6-5-9-1-2-10(5)3-4(7)8/h1-2,4H,3H2. The van der Waals surface area contributed by atoms with Gasteiger partial charge < -0.3 is 4.57 Å². The van der Waals surface area contributed by atoms with E-state index in [1.807, 2.05) is 0 Å². The first kappa shape index (κ1) is 7.65. The molecule has 0 aromatic carbocycles. The maximum Gasteiger partial charge on any atom is 0.256 e. The molecule has 0 saturated carbocycles. The normalized spacial score (nSPS) is 10.8. The third-order valence-corrected chi connectivity index (χ3v) is 1.66. The summed E-state index contributed by atoms with van der Waals surface area (Å²) < 4.78 is 25.2. The Hall–Kier alpha value is -0.450. The molecule has 0 N–H and O–H groups in total. The largest absolute Gasteiger partial charge is 0.320 e. The molecule has 0 atom stereocenters. The van der Waals surface area contributed by atoms with Crippen LogP contribution in [0.2, 0.25) is 0 Å². The summed E-state index contributed by atoms with van der Waals surface area (Å²) in [4.78, 5) is 3.72. The molecule has 0 aliphatic heterocycles. The van der Waals surface area contributed by atoms with Gasteiger partial charge in [-0.1, -0.05) is 0 Å². The van der Waals surface area contributed by atoms with Gasteiger partial charge in [0, 0.05) is 12.4 Å². The lowest BCUT2D eigenvalue weighted by Gasteiger charge is -2.00. The van der Waals surface area contributed by atoms with Crippen LogP contribution in [-0.2, 0) is 6.54 Å². The molecule has 0 aliphatic rings. The van der Waals surface area contributed by atoms with Gasteiger partial charge in [-0.3, -0.25) is 0 Å². The summed E-state index contributed by atoms with van der Waals surface area (Å²) in [5.41, 5.74) is 0. The van der Waals surface area contributed by atoms with Crippen molar-refractivity contribution in [2.45, 2.75) is 13.0 Å². The molecule has 2 nitrogen and oxygen atoms in total. The molecule has 5 heteroatoms. The summed E-state index contributed by atoms with van der Waals surface area (Å²) in [5.74, 6) is 0. The molecule has 0 fully saturated rings. The zero-order chi connectivity index (χ0) is 7.56. The van der Waals surface area contributed by atoms with Crippen LogP contribution in [0.4, 0.5) is 8.78 Å². The molecule has 0 spiro atoms. The predicted octanol–water partition coefficient (Wildman–Crippen LogP) is 1.91. The molecule has 1 aromatic rings. The van der Waals surface area contributed by atoms with Gasteiger partial charge in [0.1, 0.15) is 0 Å². The predicted molar refractivity (Wildman–Crippen MR) is 35.9 cm³/mol. The SMILES string of the molecule is FC(F)Cn1ccnc1Br. The number of nitrogens with zero attached hydrogens (tertiary/aromatic N) is 2. The van der Waals surface area contributed by atoms with E-state index in [2.05, 4.69) is 20.9 Å². The van der Waals surface area contributed by atoms with Gasteiger partial charge in [-0.05, 0) is 15.9 Å². The molecule has 0 unspecified atom stereocenters. The number of imidazole rings is 1. The van der Waals surface area contributed by atoms with Crippen LogP contribution in [0.15, 0.2) is 17.1 Å². The van der Waals surface area contributed by atoms with E-state index in [-0.39, 0.29) is 6.54 Å². The van der Waals surface area contributed by atoms with Crippen molar-refractivity contribution in [1.82, 2.24) is 9.55 Å².